The molecule has 1 N–H and O–H groups in total. The number of aromatic amines is 1. The van der Waals surface area contributed by atoms with Gasteiger partial charge in [0.1, 0.15) is 0 Å². The van der Waals surface area contributed by atoms with Gasteiger partial charge in [-0.05, 0) is 39.2 Å². The lowest BCUT2D eigenvalue weighted by molar-refractivity contribution is 0.0599. The Kier molecular flexibility index (Phi) is 6.04. The molecule has 7 nitrogen and oxygen atoms in total. The van der Waals surface area contributed by atoms with Gasteiger partial charge >= 0.3 is 5.97 Å². The lowest BCUT2D eigenvalue weighted by Gasteiger charge is -2.17. The highest BCUT2D eigenvalue weighted by Crippen LogP contribution is 2.34. The summed E-state index contributed by atoms with van der Waals surface area (Å²) >= 11 is 1.24. The van der Waals surface area contributed by atoms with Gasteiger partial charge in [-0.25, -0.2) is 4.79 Å². The summed E-state index contributed by atoms with van der Waals surface area (Å²) in [4.78, 5) is 27.8. The predicted octanol–water partition coefficient (Wildman–Crippen LogP) is 4.21. The van der Waals surface area contributed by atoms with Crippen LogP contribution in [0.4, 0.5) is 0 Å². The standard InChI is InChI=1S/C19H25N3O4S/c1-10-14(18(24)25-4)11(2)20-15(10)16(23)12(3)27-19-22-21-17(26-19)13-8-6-5-7-9-13/h12-13,20H,5-9H2,1-4H3. The minimum absolute atomic E-state index is 0.117. The maximum absolute atomic E-state index is 12.9. The van der Waals surface area contributed by atoms with Crippen molar-refractivity contribution >= 4 is 23.5 Å². The van der Waals surface area contributed by atoms with Gasteiger partial charge in [0.05, 0.1) is 23.6 Å². The summed E-state index contributed by atoms with van der Waals surface area (Å²) in [6.07, 6.45) is 5.81. The first-order chi connectivity index (χ1) is 12.9. The fourth-order valence-corrected chi connectivity index (χ4v) is 4.34. The largest absolute Gasteiger partial charge is 0.465 e. The van der Waals surface area contributed by atoms with Gasteiger partial charge in [0.15, 0.2) is 5.78 Å². The molecule has 1 unspecified atom stereocenters. The molecule has 0 saturated heterocycles. The number of hydrogen-bond donors (Lipinski definition) is 1. The monoisotopic (exact) mass is 391 g/mol. The molecule has 1 aliphatic rings. The van der Waals surface area contributed by atoms with Crippen molar-refractivity contribution in [3.05, 3.63) is 28.4 Å². The number of esters is 1. The SMILES string of the molecule is COC(=O)c1c(C)[nH]c(C(=O)C(C)Sc2nnc(C3CCCCC3)o2)c1C. The number of aryl methyl sites for hydroxylation is 1. The van der Waals surface area contributed by atoms with Crippen LogP contribution >= 0.6 is 11.8 Å². The first-order valence-corrected chi connectivity index (χ1v) is 10.1. The second kappa shape index (κ2) is 8.29. The number of nitrogens with one attached hydrogen (secondary N) is 1. The zero-order chi connectivity index (χ0) is 19.6. The minimum Gasteiger partial charge on any atom is -0.465 e. The average molecular weight is 391 g/mol. The number of rotatable bonds is 6. The quantitative estimate of drug-likeness (QED) is 0.447. The molecule has 0 bridgehead atoms. The zero-order valence-electron chi connectivity index (χ0n) is 16.1. The Bertz CT molecular complexity index is 836. The summed E-state index contributed by atoms with van der Waals surface area (Å²) in [5.41, 5.74) is 2.05. The first-order valence-electron chi connectivity index (χ1n) is 9.24. The molecule has 1 atom stereocenters. The Balaban J connectivity index is 1.71. The summed E-state index contributed by atoms with van der Waals surface area (Å²) < 4.78 is 10.6. The van der Waals surface area contributed by atoms with E-state index >= 15 is 0 Å². The van der Waals surface area contributed by atoms with Crippen molar-refractivity contribution in [2.45, 2.75) is 69.3 Å². The van der Waals surface area contributed by atoms with Crippen molar-refractivity contribution < 1.29 is 18.7 Å². The predicted molar refractivity (Wildman–Crippen MR) is 101 cm³/mol. The summed E-state index contributed by atoms with van der Waals surface area (Å²) in [6.45, 7) is 5.29. The summed E-state index contributed by atoms with van der Waals surface area (Å²) in [5.74, 6) is 0.446. The number of thioether (sulfide) groups is 1. The van der Waals surface area contributed by atoms with E-state index < -0.39 is 11.2 Å². The van der Waals surface area contributed by atoms with Gasteiger partial charge < -0.3 is 14.1 Å². The van der Waals surface area contributed by atoms with Crippen LogP contribution in [0.25, 0.3) is 0 Å². The molecule has 1 saturated carbocycles. The van der Waals surface area contributed by atoms with Crippen LogP contribution in [0.5, 0.6) is 0 Å². The van der Waals surface area contributed by atoms with Crippen molar-refractivity contribution in [1.29, 1.82) is 0 Å². The van der Waals surface area contributed by atoms with Crippen molar-refractivity contribution in [1.82, 2.24) is 15.2 Å². The lowest BCUT2D eigenvalue weighted by Crippen LogP contribution is -2.15. The molecular weight excluding hydrogens is 366 g/mol. The molecule has 0 aliphatic heterocycles. The van der Waals surface area contributed by atoms with Crippen LogP contribution in [0.2, 0.25) is 0 Å². The summed E-state index contributed by atoms with van der Waals surface area (Å²) in [5, 5.41) is 8.26. The Morgan fingerprint density at radius 2 is 1.93 bits per heavy atom. The molecule has 1 aliphatic carbocycles. The van der Waals surface area contributed by atoms with Crippen LogP contribution < -0.4 is 0 Å². The van der Waals surface area contributed by atoms with Crippen molar-refractivity contribution in [2.24, 2.45) is 0 Å². The third-order valence-electron chi connectivity index (χ3n) is 5.10. The van der Waals surface area contributed by atoms with Crippen LogP contribution in [0.3, 0.4) is 0 Å². The van der Waals surface area contributed by atoms with E-state index in [0.717, 1.165) is 12.8 Å². The maximum atomic E-state index is 12.9. The molecular formula is C19H25N3O4S. The number of hydrogen-bond acceptors (Lipinski definition) is 7. The molecule has 8 heteroatoms. The lowest BCUT2D eigenvalue weighted by atomic mass is 9.89. The number of ether oxygens (including phenoxy) is 1. The van der Waals surface area contributed by atoms with Crippen LogP contribution in [-0.2, 0) is 4.74 Å². The highest BCUT2D eigenvalue weighted by atomic mass is 32.2. The third-order valence-corrected chi connectivity index (χ3v) is 6.03. The van der Waals surface area contributed by atoms with E-state index in [0.29, 0.717) is 39.5 Å². The smallest absolute Gasteiger partial charge is 0.339 e. The fraction of sp³-hybridized carbons (Fsp3) is 0.579. The van der Waals surface area contributed by atoms with Crippen molar-refractivity contribution in [2.75, 3.05) is 7.11 Å². The molecule has 2 aromatic rings. The Hall–Kier alpha value is -2.09. The first kappa shape index (κ1) is 19.7. The Morgan fingerprint density at radius 3 is 2.59 bits per heavy atom. The second-order valence-corrected chi connectivity index (χ2v) is 8.27. The van der Waals surface area contributed by atoms with Gasteiger partial charge in [0.25, 0.3) is 5.22 Å². The van der Waals surface area contributed by atoms with Gasteiger partial charge in [-0.3, -0.25) is 4.79 Å². The number of carbonyl (C=O) groups is 2. The van der Waals surface area contributed by atoms with Gasteiger partial charge in [0, 0.05) is 11.6 Å². The number of H-pyrrole nitrogens is 1. The molecule has 0 aromatic carbocycles. The number of Topliss-reactive ketones (excluding diaryl/α,β-unsaturated/α-hetero) is 1. The van der Waals surface area contributed by atoms with E-state index in [4.69, 9.17) is 9.15 Å². The highest BCUT2D eigenvalue weighted by molar-refractivity contribution is 8.00. The molecule has 0 radical (unpaired) electrons. The Labute approximate surface area is 162 Å². The summed E-state index contributed by atoms with van der Waals surface area (Å²) in [6, 6.07) is 0. The number of ketones is 1. The van der Waals surface area contributed by atoms with E-state index in [2.05, 4.69) is 15.2 Å². The van der Waals surface area contributed by atoms with Crippen LogP contribution in [0.1, 0.15) is 82.9 Å². The molecule has 146 valence electrons. The molecule has 1 fully saturated rings. The topological polar surface area (TPSA) is 98.1 Å². The molecule has 2 aromatic heterocycles. The molecule has 3 rings (SSSR count). The molecule has 2 heterocycles. The molecule has 0 spiro atoms. The number of carbonyl (C=O) groups excluding carboxylic acids is 2. The van der Waals surface area contributed by atoms with Crippen molar-refractivity contribution in [3.8, 4) is 0 Å². The second-order valence-electron chi connectivity index (χ2n) is 6.98. The van der Waals surface area contributed by atoms with E-state index in [9.17, 15) is 9.59 Å². The normalized spacial score (nSPS) is 16.3. The van der Waals surface area contributed by atoms with E-state index in [1.54, 1.807) is 20.8 Å². The van der Waals surface area contributed by atoms with Gasteiger partial charge in [-0.15, -0.1) is 10.2 Å². The van der Waals surface area contributed by atoms with Crippen LogP contribution in [0.15, 0.2) is 9.64 Å². The van der Waals surface area contributed by atoms with Crippen LogP contribution in [0, 0.1) is 13.8 Å². The van der Waals surface area contributed by atoms with Crippen LogP contribution in [-0.4, -0.2) is 39.3 Å². The average Bonchev–Trinajstić information content (AvgIpc) is 3.25. The van der Waals surface area contributed by atoms with Gasteiger partial charge in [-0.2, -0.15) is 0 Å². The van der Waals surface area contributed by atoms with E-state index in [1.165, 1.54) is 38.1 Å². The maximum Gasteiger partial charge on any atom is 0.339 e. The summed E-state index contributed by atoms with van der Waals surface area (Å²) in [7, 11) is 1.33. The number of aromatic nitrogens is 3. The van der Waals surface area contributed by atoms with E-state index in [-0.39, 0.29) is 5.78 Å². The van der Waals surface area contributed by atoms with Gasteiger partial charge in [0.2, 0.25) is 5.89 Å². The van der Waals surface area contributed by atoms with Gasteiger partial charge in [-0.1, -0.05) is 31.0 Å². The Morgan fingerprint density at radius 1 is 1.22 bits per heavy atom. The fourth-order valence-electron chi connectivity index (χ4n) is 3.60. The zero-order valence-corrected chi connectivity index (χ0v) is 16.9. The minimum atomic E-state index is -0.449. The number of methoxy groups -OCH3 is 1. The highest BCUT2D eigenvalue weighted by Gasteiger charge is 2.28. The molecule has 0 amide bonds. The molecule has 27 heavy (non-hydrogen) atoms. The number of nitrogens with zero attached hydrogens (tertiary/aromatic N) is 2. The van der Waals surface area contributed by atoms with E-state index in [1.807, 2.05) is 0 Å². The third kappa shape index (κ3) is 4.10. The van der Waals surface area contributed by atoms with Crippen molar-refractivity contribution in [3.63, 3.8) is 0 Å².